The topological polar surface area (TPSA) is 95.1 Å². The first-order chi connectivity index (χ1) is 13.0. The van der Waals surface area contributed by atoms with Crippen LogP contribution in [0.2, 0.25) is 5.02 Å². The number of benzene rings is 1. The zero-order chi connectivity index (χ0) is 21.0. The number of alkyl halides is 2. The minimum Gasteiger partial charge on any atom is -0.310 e. The molecule has 2 fully saturated rings. The second kappa shape index (κ2) is 7.33. The number of carbonyl (C=O) groups excluding carboxylic acids is 3. The van der Waals surface area contributed by atoms with Gasteiger partial charge in [0.1, 0.15) is 17.1 Å². The maximum Gasteiger partial charge on any atom is 0.332 e. The van der Waals surface area contributed by atoms with E-state index >= 15 is 0 Å². The summed E-state index contributed by atoms with van der Waals surface area (Å²) in [7, 11) is -4.31. The van der Waals surface area contributed by atoms with E-state index in [1.165, 1.54) is 4.90 Å². The van der Waals surface area contributed by atoms with Gasteiger partial charge in [-0.1, -0.05) is 11.6 Å². The van der Waals surface area contributed by atoms with Crippen molar-refractivity contribution in [2.24, 2.45) is 0 Å². The molecule has 152 valence electrons. The van der Waals surface area contributed by atoms with Gasteiger partial charge in [-0.2, -0.15) is 0 Å². The normalized spacial score (nSPS) is 22.0. The highest BCUT2D eigenvalue weighted by Gasteiger charge is 2.51. The molecule has 0 N–H and O–H groups in total. The smallest absolute Gasteiger partial charge is 0.310 e. The van der Waals surface area contributed by atoms with E-state index in [4.69, 9.17) is 34.8 Å². The van der Waals surface area contributed by atoms with E-state index in [1.807, 2.05) is 0 Å². The summed E-state index contributed by atoms with van der Waals surface area (Å²) in [4.78, 5) is 39.0. The Balaban J connectivity index is 2.12. The predicted octanol–water partition coefficient (Wildman–Crippen LogP) is 2.51. The minimum atomic E-state index is -4.31. The summed E-state index contributed by atoms with van der Waals surface area (Å²) in [5, 5.41) is -1.75. The zero-order valence-electron chi connectivity index (χ0n) is 14.2. The number of nitrogens with zero attached hydrogens (tertiary/aromatic N) is 3. The van der Waals surface area contributed by atoms with Gasteiger partial charge < -0.3 is 4.90 Å². The Morgan fingerprint density at radius 2 is 2.00 bits per heavy atom. The second-order valence-electron chi connectivity index (χ2n) is 6.22. The maximum atomic E-state index is 14.6. The van der Waals surface area contributed by atoms with Gasteiger partial charge in [0.05, 0.1) is 21.8 Å². The lowest BCUT2D eigenvalue weighted by Gasteiger charge is -2.23. The van der Waals surface area contributed by atoms with Gasteiger partial charge in [0.15, 0.2) is 0 Å². The van der Waals surface area contributed by atoms with E-state index < -0.39 is 66.7 Å². The van der Waals surface area contributed by atoms with Crippen molar-refractivity contribution in [1.29, 1.82) is 0 Å². The third-order valence-electron chi connectivity index (χ3n) is 4.37. The number of fused-ring (bicyclic) bond motifs is 1. The van der Waals surface area contributed by atoms with Crippen LogP contribution in [0.3, 0.4) is 0 Å². The lowest BCUT2D eigenvalue weighted by Crippen LogP contribution is -2.37. The number of hydrogen-bond acceptors (Lipinski definition) is 5. The number of carbonyl (C=O) groups is 3. The van der Waals surface area contributed by atoms with Gasteiger partial charge in [-0.25, -0.2) is 26.8 Å². The van der Waals surface area contributed by atoms with Gasteiger partial charge in [0.2, 0.25) is 5.91 Å². The molecule has 13 heteroatoms. The molecule has 4 amide bonds. The highest BCUT2D eigenvalue weighted by Crippen LogP contribution is 2.39. The van der Waals surface area contributed by atoms with Crippen molar-refractivity contribution in [3.63, 3.8) is 0 Å². The number of anilines is 2. The molecule has 28 heavy (non-hydrogen) atoms. The number of hydrogen-bond donors (Lipinski definition) is 0. The van der Waals surface area contributed by atoms with Crippen LogP contribution in [0.5, 0.6) is 0 Å². The Labute approximate surface area is 174 Å². The van der Waals surface area contributed by atoms with Crippen LogP contribution in [0.25, 0.3) is 0 Å². The largest absolute Gasteiger partial charge is 0.332 e. The van der Waals surface area contributed by atoms with Crippen LogP contribution in [0.1, 0.15) is 13.3 Å². The van der Waals surface area contributed by atoms with Gasteiger partial charge in [0.25, 0.3) is 15.9 Å². The molecule has 0 aromatic heterocycles. The van der Waals surface area contributed by atoms with E-state index in [0.29, 0.717) is 9.21 Å². The quantitative estimate of drug-likeness (QED) is 0.496. The van der Waals surface area contributed by atoms with Crippen LogP contribution < -0.4 is 9.21 Å². The standard InChI is InChI=1S/C15H13Cl3FN3O5S/c1-7(23)22(28(26,27)6-16)11-4-12(10(19)3-9(11)18)21-14(24)13-2-8(17)5-20(13)15(21)25/h3-4,8,13H,2,5-6H2,1H3/t8-,13+/m0/s1. The SMILES string of the molecule is CC(=O)N(c1cc(N2C(=O)[C@H]3C[C@H](Cl)CN3C2=O)c(F)cc1Cl)S(=O)(=O)CCl. The summed E-state index contributed by atoms with van der Waals surface area (Å²) in [6.07, 6.45) is 0.213. The van der Waals surface area contributed by atoms with Crippen LogP contribution in [-0.4, -0.2) is 54.3 Å². The van der Waals surface area contributed by atoms with Crippen molar-refractivity contribution in [3.05, 3.63) is 23.0 Å². The summed E-state index contributed by atoms with van der Waals surface area (Å²) in [5.41, 5.74) is -0.944. The van der Waals surface area contributed by atoms with Crippen LogP contribution in [0.15, 0.2) is 12.1 Å². The van der Waals surface area contributed by atoms with Crippen molar-refractivity contribution >= 4 is 74.0 Å². The molecule has 0 saturated carbocycles. The van der Waals surface area contributed by atoms with Gasteiger partial charge in [-0.3, -0.25) is 9.59 Å². The molecule has 8 nitrogen and oxygen atoms in total. The summed E-state index contributed by atoms with van der Waals surface area (Å²) >= 11 is 17.3. The third kappa shape index (κ3) is 3.32. The lowest BCUT2D eigenvalue weighted by molar-refractivity contribution is -0.119. The first kappa shape index (κ1) is 21.1. The van der Waals surface area contributed by atoms with E-state index in [2.05, 4.69) is 0 Å². The number of amides is 4. The predicted molar refractivity (Wildman–Crippen MR) is 102 cm³/mol. The molecular formula is C15H13Cl3FN3O5S. The Bertz CT molecular complexity index is 965. The Kier molecular flexibility index (Phi) is 5.52. The van der Waals surface area contributed by atoms with Gasteiger partial charge in [0, 0.05) is 13.5 Å². The molecule has 0 radical (unpaired) electrons. The molecule has 0 unspecified atom stereocenters. The fraction of sp³-hybridized carbons (Fsp3) is 0.400. The fourth-order valence-electron chi connectivity index (χ4n) is 3.24. The molecule has 2 heterocycles. The van der Waals surface area contributed by atoms with Crippen molar-refractivity contribution in [3.8, 4) is 0 Å². The van der Waals surface area contributed by atoms with Crippen molar-refractivity contribution in [1.82, 2.24) is 4.90 Å². The van der Waals surface area contributed by atoms with E-state index in [9.17, 15) is 27.2 Å². The highest BCUT2D eigenvalue weighted by molar-refractivity contribution is 7.94. The van der Waals surface area contributed by atoms with Crippen LogP contribution in [0.4, 0.5) is 20.6 Å². The van der Waals surface area contributed by atoms with Crippen molar-refractivity contribution in [2.75, 3.05) is 21.0 Å². The fourth-order valence-corrected chi connectivity index (χ4v) is 5.08. The monoisotopic (exact) mass is 471 g/mol. The number of imide groups is 1. The lowest BCUT2D eigenvalue weighted by atomic mass is 10.2. The Morgan fingerprint density at radius 1 is 1.36 bits per heavy atom. The van der Waals surface area contributed by atoms with Gasteiger partial charge in [-0.05, 0) is 18.6 Å². The van der Waals surface area contributed by atoms with Crippen molar-refractivity contribution < 1.29 is 27.2 Å². The molecule has 2 atom stereocenters. The third-order valence-corrected chi connectivity index (χ3v) is 7.10. The van der Waals surface area contributed by atoms with Crippen LogP contribution in [-0.2, 0) is 19.6 Å². The first-order valence-corrected chi connectivity index (χ1v) is 10.8. The summed E-state index contributed by atoms with van der Waals surface area (Å²) < 4.78 is 39.2. The summed E-state index contributed by atoms with van der Waals surface area (Å²) in [5.74, 6) is -2.69. The molecule has 2 saturated heterocycles. The highest BCUT2D eigenvalue weighted by atomic mass is 35.5. The molecule has 1 aromatic carbocycles. The van der Waals surface area contributed by atoms with Crippen LogP contribution in [0, 0.1) is 5.82 Å². The summed E-state index contributed by atoms with van der Waals surface area (Å²) in [6.45, 7) is 1.07. The molecule has 0 aliphatic carbocycles. The Hall–Kier alpha value is -1.62. The molecular weight excluding hydrogens is 460 g/mol. The average Bonchev–Trinajstić information content (AvgIpc) is 3.08. The van der Waals surface area contributed by atoms with Crippen LogP contribution >= 0.6 is 34.8 Å². The number of sulfonamides is 1. The summed E-state index contributed by atoms with van der Waals surface area (Å²) in [6, 6.07) is -0.0385. The van der Waals surface area contributed by atoms with Gasteiger partial charge >= 0.3 is 6.03 Å². The average molecular weight is 473 g/mol. The maximum absolute atomic E-state index is 14.6. The number of urea groups is 1. The molecule has 2 aliphatic heterocycles. The zero-order valence-corrected chi connectivity index (χ0v) is 17.3. The van der Waals surface area contributed by atoms with E-state index in [1.54, 1.807) is 0 Å². The molecule has 2 aliphatic rings. The Morgan fingerprint density at radius 3 is 2.54 bits per heavy atom. The first-order valence-electron chi connectivity index (χ1n) is 7.86. The van der Waals surface area contributed by atoms with Crippen molar-refractivity contribution in [2.45, 2.75) is 24.8 Å². The molecule has 0 bridgehead atoms. The number of rotatable bonds is 4. The van der Waals surface area contributed by atoms with E-state index in [0.717, 1.165) is 19.1 Å². The number of halogens is 4. The molecule has 3 rings (SSSR count). The van der Waals surface area contributed by atoms with Gasteiger partial charge in [-0.15, -0.1) is 23.2 Å². The molecule has 1 aromatic rings. The van der Waals surface area contributed by atoms with E-state index in [-0.39, 0.29) is 13.0 Å². The molecule has 0 spiro atoms. The minimum absolute atomic E-state index is 0.121. The second-order valence-corrected chi connectivity index (χ2v) is 9.64.